The van der Waals surface area contributed by atoms with E-state index in [0.717, 1.165) is 24.8 Å². The van der Waals surface area contributed by atoms with Gasteiger partial charge in [-0.3, -0.25) is 9.78 Å². The van der Waals surface area contributed by atoms with Gasteiger partial charge >= 0.3 is 6.61 Å². The largest absolute Gasteiger partial charge is 0.434 e. The minimum atomic E-state index is -2.95. The van der Waals surface area contributed by atoms with Crippen molar-refractivity contribution in [1.29, 1.82) is 0 Å². The zero-order valence-corrected chi connectivity index (χ0v) is 16.4. The Morgan fingerprint density at radius 3 is 2.97 bits per heavy atom. The first-order valence-electron chi connectivity index (χ1n) is 9.78. The molecule has 3 aromatic heterocycles. The Hall–Kier alpha value is -3.27. The summed E-state index contributed by atoms with van der Waals surface area (Å²) >= 11 is 0. The van der Waals surface area contributed by atoms with Gasteiger partial charge < -0.3 is 9.64 Å². The van der Waals surface area contributed by atoms with Crippen molar-refractivity contribution in [2.24, 2.45) is 0 Å². The topological polar surface area (TPSA) is 76.8 Å². The molecule has 0 saturated carbocycles. The normalized spacial score (nSPS) is 17.4. The van der Waals surface area contributed by atoms with E-state index in [1.165, 1.54) is 6.07 Å². The van der Waals surface area contributed by atoms with Gasteiger partial charge in [0.25, 0.3) is 0 Å². The first-order chi connectivity index (χ1) is 14.6. The predicted octanol–water partition coefficient (Wildman–Crippen LogP) is 3.31. The molecule has 1 aliphatic heterocycles. The van der Waals surface area contributed by atoms with Gasteiger partial charge in [-0.1, -0.05) is 0 Å². The lowest BCUT2D eigenvalue weighted by Crippen LogP contribution is -2.29. The van der Waals surface area contributed by atoms with Crippen LogP contribution in [0, 0.1) is 0 Å². The number of hydrogen-bond acceptors (Lipinski definition) is 5. The number of likely N-dealkylation sites (N-methyl/N-ethyl adjacent to an activating group) is 1. The molecular formula is C20H21F2N7O. The zero-order valence-electron chi connectivity index (χ0n) is 16.4. The Labute approximate surface area is 171 Å². The molecule has 1 aliphatic rings. The number of nitrogens with one attached hydrogen (secondary N) is 1. The lowest BCUT2D eigenvalue weighted by atomic mass is 10.1. The summed E-state index contributed by atoms with van der Waals surface area (Å²) in [6.07, 6.45) is 9.27. The lowest BCUT2D eigenvalue weighted by molar-refractivity contribution is -0.0493. The second-order valence-corrected chi connectivity index (χ2v) is 7.50. The van der Waals surface area contributed by atoms with Crippen LogP contribution in [0.25, 0.3) is 27.8 Å². The number of ether oxygens (including phenoxy) is 1. The Balaban J connectivity index is 1.63. The number of hydrogen-bond donors (Lipinski definition) is 1. The minimum absolute atomic E-state index is 0.0402. The average molecular weight is 413 g/mol. The number of fused-ring (bicyclic) bond motifs is 1. The summed E-state index contributed by atoms with van der Waals surface area (Å²) < 4.78 is 34.7. The summed E-state index contributed by atoms with van der Waals surface area (Å²) in [5.74, 6) is 0.0402. The molecule has 0 amide bonds. The van der Waals surface area contributed by atoms with E-state index in [4.69, 9.17) is 9.84 Å². The number of aromatic amines is 1. The van der Waals surface area contributed by atoms with E-state index in [2.05, 4.69) is 27.2 Å². The van der Waals surface area contributed by atoms with Gasteiger partial charge in [0.1, 0.15) is 17.1 Å². The van der Waals surface area contributed by atoms with E-state index in [1.54, 1.807) is 29.3 Å². The predicted molar refractivity (Wildman–Crippen MR) is 107 cm³/mol. The maximum absolute atomic E-state index is 13.1. The minimum Gasteiger partial charge on any atom is -0.434 e. The smallest absolute Gasteiger partial charge is 0.387 e. The molecular weight excluding hydrogens is 392 g/mol. The molecule has 4 aromatic rings. The van der Waals surface area contributed by atoms with Gasteiger partial charge in [0.05, 0.1) is 24.5 Å². The fraction of sp³-hybridized carbons (Fsp3) is 0.350. The van der Waals surface area contributed by atoms with Crippen molar-refractivity contribution in [3.05, 3.63) is 43.0 Å². The SMILES string of the molecule is CN1CCC[C@H]1Cn1cc(-n2cccn2)c(-c2cc3cn[nH]c3cc2OC(F)F)n1. The Bertz CT molecular complexity index is 1150. The van der Waals surface area contributed by atoms with Gasteiger partial charge in [0.15, 0.2) is 0 Å². The number of halogens is 2. The first-order valence-corrected chi connectivity index (χ1v) is 9.78. The van der Waals surface area contributed by atoms with Crippen molar-refractivity contribution in [2.75, 3.05) is 13.6 Å². The van der Waals surface area contributed by atoms with Crippen LogP contribution in [-0.4, -0.2) is 60.9 Å². The molecule has 0 spiro atoms. The highest BCUT2D eigenvalue weighted by Gasteiger charge is 2.24. The van der Waals surface area contributed by atoms with Crippen LogP contribution in [-0.2, 0) is 6.54 Å². The number of nitrogens with zero attached hydrogens (tertiary/aromatic N) is 6. The summed E-state index contributed by atoms with van der Waals surface area (Å²) in [6.45, 7) is -1.18. The fourth-order valence-electron chi connectivity index (χ4n) is 4.05. The molecule has 156 valence electrons. The number of rotatable bonds is 6. The van der Waals surface area contributed by atoms with E-state index >= 15 is 0 Å². The van der Waals surface area contributed by atoms with E-state index in [0.29, 0.717) is 35.0 Å². The molecule has 30 heavy (non-hydrogen) atoms. The Morgan fingerprint density at radius 1 is 1.33 bits per heavy atom. The highest BCUT2D eigenvalue weighted by atomic mass is 19.3. The molecule has 4 heterocycles. The van der Waals surface area contributed by atoms with Crippen LogP contribution in [0.15, 0.2) is 43.0 Å². The zero-order chi connectivity index (χ0) is 20.7. The molecule has 0 bridgehead atoms. The van der Waals surface area contributed by atoms with Crippen LogP contribution in [0.1, 0.15) is 12.8 Å². The molecule has 5 rings (SSSR count). The van der Waals surface area contributed by atoms with Crippen LogP contribution in [0.4, 0.5) is 8.78 Å². The van der Waals surface area contributed by atoms with Crippen LogP contribution >= 0.6 is 0 Å². The van der Waals surface area contributed by atoms with Gasteiger partial charge in [-0.2, -0.15) is 24.1 Å². The van der Waals surface area contributed by atoms with Crippen LogP contribution in [0.5, 0.6) is 5.75 Å². The van der Waals surface area contributed by atoms with Crippen LogP contribution < -0.4 is 4.74 Å². The van der Waals surface area contributed by atoms with Crippen molar-refractivity contribution in [3.8, 4) is 22.7 Å². The molecule has 0 radical (unpaired) electrons. The third kappa shape index (κ3) is 3.43. The number of alkyl halides is 2. The quantitative estimate of drug-likeness (QED) is 0.525. The molecule has 1 aromatic carbocycles. The number of H-pyrrole nitrogens is 1. The highest BCUT2D eigenvalue weighted by molar-refractivity contribution is 5.88. The molecule has 1 saturated heterocycles. The van der Waals surface area contributed by atoms with Crippen molar-refractivity contribution < 1.29 is 13.5 Å². The summed E-state index contributed by atoms with van der Waals surface area (Å²) in [4.78, 5) is 2.32. The number of aromatic nitrogens is 6. The van der Waals surface area contributed by atoms with Crippen molar-refractivity contribution >= 4 is 10.9 Å². The Kier molecular flexibility index (Phi) is 4.70. The van der Waals surface area contributed by atoms with E-state index in [-0.39, 0.29) is 5.75 Å². The fourth-order valence-corrected chi connectivity index (χ4v) is 4.05. The van der Waals surface area contributed by atoms with Gasteiger partial charge in [-0.05, 0) is 38.6 Å². The van der Waals surface area contributed by atoms with Crippen LogP contribution in [0.3, 0.4) is 0 Å². The average Bonchev–Trinajstić information content (AvgIpc) is 3.48. The van der Waals surface area contributed by atoms with E-state index < -0.39 is 6.61 Å². The molecule has 1 atom stereocenters. The monoisotopic (exact) mass is 413 g/mol. The highest BCUT2D eigenvalue weighted by Crippen LogP contribution is 2.37. The molecule has 1 N–H and O–H groups in total. The summed E-state index contributed by atoms with van der Waals surface area (Å²) in [5.41, 5.74) is 2.30. The summed E-state index contributed by atoms with van der Waals surface area (Å²) in [6, 6.07) is 5.48. The van der Waals surface area contributed by atoms with Gasteiger partial charge in [-0.25, -0.2) is 4.68 Å². The summed E-state index contributed by atoms with van der Waals surface area (Å²) in [7, 11) is 2.11. The summed E-state index contributed by atoms with van der Waals surface area (Å²) in [5, 5.41) is 16.7. The van der Waals surface area contributed by atoms with Crippen molar-refractivity contribution in [2.45, 2.75) is 32.0 Å². The van der Waals surface area contributed by atoms with Gasteiger partial charge in [-0.15, -0.1) is 0 Å². The van der Waals surface area contributed by atoms with Crippen molar-refractivity contribution in [3.63, 3.8) is 0 Å². The standard InChI is InChI=1S/C20H21F2N7O/c1-27-6-2-4-14(27)11-28-12-17(29-7-3-5-24-29)19(26-28)15-8-13-10-23-25-16(13)9-18(15)30-20(21)22/h3,5,7-10,12,14,20H,2,4,6,11H2,1H3,(H,23,25)/t14-/m0/s1. The van der Waals surface area contributed by atoms with E-state index in [1.807, 2.05) is 16.9 Å². The molecule has 10 heteroatoms. The van der Waals surface area contributed by atoms with Crippen LogP contribution in [0.2, 0.25) is 0 Å². The van der Waals surface area contributed by atoms with E-state index in [9.17, 15) is 8.78 Å². The lowest BCUT2D eigenvalue weighted by Gasteiger charge is -2.18. The molecule has 0 unspecified atom stereocenters. The third-order valence-electron chi connectivity index (χ3n) is 5.57. The second-order valence-electron chi connectivity index (χ2n) is 7.50. The van der Waals surface area contributed by atoms with Crippen molar-refractivity contribution in [1.82, 2.24) is 34.7 Å². The Morgan fingerprint density at radius 2 is 2.23 bits per heavy atom. The molecule has 8 nitrogen and oxygen atoms in total. The second kappa shape index (κ2) is 7.52. The molecule has 0 aliphatic carbocycles. The number of benzene rings is 1. The van der Waals surface area contributed by atoms with Gasteiger partial charge in [0.2, 0.25) is 0 Å². The molecule has 1 fully saturated rings. The third-order valence-corrected chi connectivity index (χ3v) is 5.57. The first kappa shape index (κ1) is 18.7. The van der Waals surface area contributed by atoms with Gasteiger partial charge in [0, 0.05) is 35.5 Å². The maximum atomic E-state index is 13.1. The maximum Gasteiger partial charge on any atom is 0.387 e. The number of likely N-dealkylation sites (tertiary alicyclic amines) is 1.